The Balaban J connectivity index is 0.00000342. The maximum absolute atomic E-state index is 13.4. The van der Waals surface area contributed by atoms with E-state index in [4.69, 9.17) is 11.6 Å². The summed E-state index contributed by atoms with van der Waals surface area (Å²) in [6.45, 7) is 1.51. The highest BCUT2D eigenvalue weighted by Gasteiger charge is 2.35. The van der Waals surface area contributed by atoms with Crippen molar-refractivity contribution in [1.29, 1.82) is 0 Å². The second kappa shape index (κ2) is 11.3. The Morgan fingerprint density at radius 3 is 2.74 bits per heavy atom. The van der Waals surface area contributed by atoms with Gasteiger partial charge in [0.1, 0.15) is 17.8 Å². The molecule has 3 N–H and O–H groups in total. The molecule has 1 aromatic carbocycles. The maximum atomic E-state index is 13.4. The number of hydrogen-bond acceptors (Lipinski definition) is 6. The van der Waals surface area contributed by atoms with Crippen LogP contribution in [-0.2, 0) is 0 Å². The van der Waals surface area contributed by atoms with Crippen molar-refractivity contribution in [3.63, 3.8) is 0 Å². The number of halogens is 3. The lowest BCUT2D eigenvalue weighted by molar-refractivity contribution is -0.0361. The van der Waals surface area contributed by atoms with Gasteiger partial charge < -0.3 is 15.7 Å². The van der Waals surface area contributed by atoms with Crippen LogP contribution in [0.1, 0.15) is 53.3 Å². The summed E-state index contributed by atoms with van der Waals surface area (Å²) in [6.07, 6.45) is 4.98. The van der Waals surface area contributed by atoms with E-state index in [1.54, 1.807) is 35.0 Å². The summed E-state index contributed by atoms with van der Waals surface area (Å²) in [4.78, 5) is 25.7. The Labute approximate surface area is 213 Å². The number of nitrogens with one attached hydrogen (secondary N) is 2. The van der Waals surface area contributed by atoms with Gasteiger partial charge in [0, 0.05) is 41.9 Å². The van der Waals surface area contributed by atoms with E-state index in [1.807, 2.05) is 6.92 Å². The van der Waals surface area contributed by atoms with Crippen molar-refractivity contribution in [1.82, 2.24) is 24.8 Å². The number of carbonyl (C=O) groups excluding carboxylic acids is 1. The number of aliphatic hydroxyl groups excluding tert-OH is 1. The minimum absolute atomic E-state index is 0. The zero-order chi connectivity index (χ0) is 24.3. The van der Waals surface area contributed by atoms with E-state index in [0.29, 0.717) is 35.2 Å². The number of rotatable bonds is 7. The Morgan fingerprint density at radius 1 is 1.31 bits per heavy atom. The van der Waals surface area contributed by atoms with Gasteiger partial charge in [0.2, 0.25) is 11.9 Å². The molecule has 2 aromatic heterocycles. The van der Waals surface area contributed by atoms with Crippen LogP contribution in [0.3, 0.4) is 0 Å². The normalized spacial score (nSPS) is 16.3. The first-order valence-corrected chi connectivity index (χ1v) is 11.3. The van der Waals surface area contributed by atoms with Gasteiger partial charge in [-0.3, -0.25) is 9.36 Å². The Bertz CT molecular complexity index is 1170. The van der Waals surface area contributed by atoms with Crippen molar-refractivity contribution in [2.24, 2.45) is 0 Å². The molecule has 0 unspecified atom stereocenters. The van der Waals surface area contributed by atoms with Crippen LogP contribution < -0.4 is 10.6 Å². The largest absolute Gasteiger partial charge is 0.394 e. The quantitative estimate of drug-likeness (QED) is 0.428. The van der Waals surface area contributed by atoms with Crippen molar-refractivity contribution in [2.45, 2.75) is 50.6 Å². The molecule has 35 heavy (non-hydrogen) atoms. The first-order chi connectivity index (χ1) is 16.2. The number of alkyl halides is 2. The summed E-state index contributed by atoms with van der Waals surface area (Å²) < 4.78 is 28.4. The van der Waals surface area contributed by atoms with Gasteiger partial charge in [-0.1, -0.05) is 23.7 Å². The van der Waals surface area contributed by atoms with Crippen LogP contribution in [0, 0.1) is 6.92 Å². The average molecular weight is 525 g/mol. The monoisotopic (exact) mass is 524 g/mol. The third-order valence-corrected chi connectivity index (χ3v) is 6.03. The molecule has 0 bridgehead atoms. The Morgan fingerprint density at radius 2 is 2.06 bits per heavy atom. The van der Waals surface area contributed by atoms with Crippen LogP contribution in [-0.4, -0.2) is 49.1 Å². The number of amides is 1. The van der Waals surface area contributed by atoms with E-state index in [9.17, 15) is 18.7 Å². The molecule has 188 valence electrons. The molecule has 1 atom stereocenters. The number of carbonyl (C=O) groups is 1. The third kappa shape index (κ3) is 6.68. The zero-order valence-electron chi connectivity index (χ0n) is 19.0. The highest BCUT2D eigenvalue weighted by Crippen LogP contribution is 2.34. The highest BCUT2D eigenvalue weighted by molar-refractivity contribution is 7.59. The predicted molar refractivity (Wildman–Crippen MR) is 134 cm³/mol. The lowest BCUT2D eigenvalue weighted by Gasteiger charge is -2.28. The Kier molecular flexibility index (Phi) is 8.68. The molecule has 1 fully saturated rings. The molecule has 3 aromatic rings. The van der Waals surface area contributed by atoms with Gasteiger partial charge in [-0.05, 0) is 37.5 Å². The molecule has 0 spiro atoms. The second-order valence-corrected chi connectivity index (χ2v) is 8.84. The summed E-state index contributed by atoms with van der Waals surface area (Å²) in [6, 6.07) is 6.12. The van der Waals surface area contributed by atoms with Crippen LogP contribution in [0.15, 0.2) is 43.0 Å². The molecule has 2 heterocycles. The van der Waals surface area contributed by atoms with Gasteiger partial charge in [-0.2, -0.15) is 18.5 Å². The number of hydrogen-bond donors (Lipinski definition) is 3. The summed E-state index contributed by atoms with van der Waals surface area (Å²) >= 11 is 6.01. The summed E-state index contributed by atoms with van der Waals surface area (Å²) in [5.41, 5.74) is 1.56. The second-order valence-electron chi connectivity index (χ2n) is 8.40. The van der Waals surface area contributed by atoms with Crippen LogP contribution in [0.2, 0.25) is 5.02 Å². The molecule has 4 rings (SSSR count). The summed E-state index contributed by atoms with van der Waals surface area (Å²) in [7, 11) is 0. The van der Waals surface area contributed by atoms with Gasteiger partial charge in [-0.15, -0.1) is 0 Å². The van der Waals surface area contributed by atoms with E-state index < -0.39 is 17.9 Å². The average Bonchev–Trinajstić information content (AvgIpc) is 3.30. The minimum Gasteiger partial charge on any atom is -0.394 e. The standard InChI is InChI=1S/C23H25ClF2N6O2.H2S/c1-14-10-27-22(29-17-5-7-23(25,26)8-6-17)31-20(14)32-11-18(28-13-32)21(34)30-19(12-33)15-3-2-4-16(24)9-15;/h2-4,9-11,13,17,19,33H,5-8,12H2,1H3,(H,30,34)(H,27,29,31);1H2/t19-;/m1./s1. The first-order valence-electron chi connectivity index (χ1n) is 10.9. The minimum atomic E-state index is -2.60. The fraction of sp³-hybridized carbons (Fsp3) is 0.391. The van der Waals surface area contributed by atoms with Gasteiger partial charge >= 0.3 is 0 Å². The number of benzene rings is 1. The first kappa shape index (κ1) is 26.8. The number of imidazole rings is 1. The summed E-state index contributed by atoms with van der Waals surface area (Å²) in [5, 5.41) is 16.1. The topological polar surface area (TPSA) is 105 Å². The van der Waals surface area contributed by atoms with Crippen molar-refractivity contribution < 1.29 is 18.7 Å². The Hall–Kier alpha value is -2.76. The van der Waals surface area contributed by atoms with Gasteiger partial charge in [0.25, 0.3) is 5.91 Å². The molecular weight excluding hydrogens is 498 g/mol. The van der Waals surface area contributed by atoms with Gasteiger partial charge in [0.05, 0.1) is 12.6 Å². The zero-order valence-corrected chi connectivity index (χ0v) is 20.8. The predicted octanol–water partition coefficient (Wildman–Crippen LogP) is 4.19. The van der Waals surface area contributed by atoms with E-state index >= 15 is 0 Å². The van der Waals surface area contributed by atoms with Crippen LogP contribution >= 0.6 is 25.1 Å². The highest BCUT2D eigenvalue weighted by atomic mass is 35.5. The molecule has 1 amide bonds. The van der Waals surface area contributed by atoms with Gasteiger partial charge in [-0.25, -0.2) is 18.7 Å². The van der Waals surface area contributed by atoms with Crippen molar-refractivity contribution in [2.75, 3.05) is 11.9 Å². The number of anilines is 1. The molecule has 0 radical (unpaired) electrons. The fourth-order valence-electron chi connectivity index (χ4n) is 3.88. The smallest absolute Gasteiger partial charge is 0.272 e. The number of aliphatic hydroxyl groups is 1. The number of nitrogens with zero attached hydrogens (tertiary/aromatic N) is 4. The molecule has 8 nitrogen and oxygen atoms in total. The number of aryl methyl sites for hydroxylation is 1. The van der Waals surface area contributed by atoms with Crippen molar-refractivity contribution in [3.8, 4) is 5.82 Å². The van der Waals surface area contributed by atoms with Crippen molar-refractivity contribution >= 4 is 37.0 Å². The van der Waals surface area contributed by atoms with Crippen molar-refractivity contribution in [3.05, 3.63) is 64.8 Å². The fourth-order valence-corrected chi connectivity index (χ4v) is 4.08. The van der Waals surface area contributed by atoms with Crippen LogP contribution in [0.25, 0.3) is 5.82 Å². The molecule has 0 aliphatic heterocycles. The molecule has 0 saturated heterocycles. The third-order valence-electron chi connectivity index (χ3n) is 5.79. The lowest BCUT2D eigenvalue weighted by Crippen LogP contribution is -2.32. The molecular formula is C23H27ClF2N6O2S. The van der Waals surface area contributed by atoms with Gasteiger partial charge in [0.15, 0.2) is 0 Å². The van der Waals surface area contributed by atoms with Crippen LogP contribution in [0.5, 0.6) is 0 Å². The molecule has 1 saturated carbocycles. The summed E-state index contributed by atoms with van der Waals surface area (Å²) in [5.74, 6) is -2.23. The maximum Gasteiger partial charge on any atom is 0.272 e. The van der Waals surface area contributed by atoms with E-state index in [2.05, 4.69) is 25.6 Å². The molecule has 12 heteroatoms. The van der Waals surface area contributed by atoms with Crippen LogP contribution in [0.4, 0.5) is 14.7 Å². The lowest BCUT2D eigenvalue weighted by atomic mass is 9.92. The number of aromatic nitrogens is 4. The van der Waals surface area contributed by atoms with E-state index in [-0.39, 0.29) is 44.7 Å². The SMILES string of the molecule is Cc1cnc(NC2CCC(F)(F)CC2)nc1-n1cnc(C(=O)N[C@H](CO)c2cccc(Cl)c2)c1.S. The van der Waals surface area contributed by atoms with E-state index in [1.165, 1.54) is 12.5 Å². The van der Waals surface area contributed by atoms with E-state index in [0.717, 1.165) is 5.56 Å². The molecule has 1 aliphatic carbocycles. The molecule has 1 aliphatic rings.